The van der Waals surface area contributed by atoms with Crippen molar-refractivity contribution in [2.75, 3.05) is 13.7 Å². The third-order valence-corrected chi connectivity index (χ3v) is 3.67. The van der Waals surface area contributed by atoms with E-state index in [1.807, 2.05) is 12.1 Å². The summed E-state index contributed by atoms with van der Waals surface area (Å²) < 4.78 is 11.7. The van der Waals surface area contributed by atoms with Gasteiger partial charge in [0.1, 0.15) is 5.75 Å². The standard InChI is InChI=1S/C14H17BrO3/c1-17-14-9-10(15)4-6-12(14)13(16)7-5-11-3-2-8-18-11/h4,6,9,11H,2-3,5,7-8H2,1H3. The van der Waals surface area contributed by atoms with Crippen LogP contribution in [0.15, 0.2) is 22.7 Å². The van der Waals surface area contributed by atoms with Crippen LogP contribution in [0, 0.1) is 0 Å². The summed E-state index contributed by atoms with van der Waals surface area (Å²) in [7, 11) is 1.58. The van der Waals surface area contributed by atoms with Crippen LogP contribution in [0.5, 0.6) is 5.75 Å². The first-order valence-corrected chi connectivity index (χ1v) is 6.98. The number of ketones is 1. The second kappa shape index (κ2) is 6.34. The van der Waals surface area contributed by atoms with Gasteiger partial charge in [-0.15, -0.1) is 0 Å². The zero-order valence-corrected chi connectivity index (χ0v) is 12.0. The number of methoxy groups -OCH3 is 1. The van der Waals surface area contributed by atoms with E-state index in [2.05, 4.69) is 15.9 Å². The Kier molecular flexibility index (Phi) is 4.78. The number of hydrogen-bond acceptors (Lipinski definition) is 3. The summed E-state index contributed by atoms with van der Waals surface area (Å²) in [5.74, 6) is 0.747. The predicted octanol–water partition coefficient (Wildman–Crippen LogP) is 3.60. The van der Waals surface area contributed by atoms with Crippen LogP contribution < -0.4 is 4.74 Å². The minimum atomic E-state index is 0.120. The molecule has 1 aromatic rings. The summed E-state index contributed by atoms with van der Waals surface area (Å²) in [6.45, 7) is 0.834. The van der Waals surface area contributed by atoms with E-state index in [4.69, 9.17) is 9.47 Å². The molecule has 1 unspecified atom stereocenters. The Labute approximate surface area is 116 Å². The second-order valence-electron chi connectivity index (χ2n) is 4.44. The average molecular weight is 313 g/mol. The van der Waals surface area contributed by atoms with Crippen LogP contribution in [0.1, 0.15) is 36.0 Å². The van der Waals surface area contributed by atoms with Gasteiger partial charge in [0.05, 0.1) is 18.8 Å². The van der Waals surface area contributed by atoms with E-state index < -0.39 is 0 Å². The fraction of sp³-hybridized carbons (Fsp3) is 0.500. The van der Waals surface area contributed by atoms with Crippen LogP contribution in [0.2, 0.25) is 0 Å². The molecule has 1 heterocycles. The Morgan fingerprint density at radius 3 is 3.06 bits per heavy atom. The SMILES string of the molecule is COc1cc(Br)ccc1C(=O)CCC1CCCO1. The second-order valence-corrected chi connectivity index (χ2v) is 5.36. The Hall–Kier alpha value is -0.870. The first-order valence-electron chi connectivity index (χ1n) is 6.19. The summed E-state index contributed by atoms with van der Waals surface area (Å²) in [5.41, 5.74) is 0.652. The largest absolute Gasteiger partial charge is 0.496 e. The molecule has 0 aromatic heterocycles. The maximum absolute atomic E-state index is 12.1. The van der Waals surface area contributed by atoms with Crippen LogP contribution in [0.25, 0.3) is 0 Å². The van der Waals surface area contributed by atoms with E-state index in [-0.39, 0.29) is 11.9 Å². The van der Waals surface area contributed by atoms with Crippen LogP contribution in [-0.4, -0.2) is 25.6 Å². The number of ether oxygens (including phenoxy) is 2. The van der Waals surface area contributed by atoms with E-state index in [0.717, 1.165) is 30.3 Å². The van der Waals surface area contributed by atoms with Crippen molar-refractivity contribution in [3.63, 3.8) is 0 Å². The van der Waals surface area contributed by atoms with Gasteiger partial charge in [-0.05, 0) is 37.5 Å². The minimum Gasteiger partial charge on any atom is -0.496 e. The molecule has 0 bridgehead atoms. The maximum Gasteiger partial charge on any atom is 0.166 e. The van der Waals surface area contributed by atoms with Crippen LogP contribution in [0.4, 0.5) is 0 Å². The normalized spacial score (nSPS) is 18.9. The van der Waals surface area contributed by atoms with Crippen molar-refractivity contribution < 1.29 is 14.3 Å². The van der Waals surface area contributed by atoms with E-state index >= 15 is 0 Å². The zero-order chi connectivity index (χ0) is 13.0. The summed E-state index contributed by atoms with van der Waals surface area (Å²) in [6.07, 6.45) is 3.77. The number of halogens is 1. The topological polar surface area (TPSA) is 35.5 Å². The predicted molar refractivity (Wildman–Crippen MR) is 73.2 cm³/mol. The summed E-state index contributed by atoms with van der Waals surface area (Å²) in [6, 6.07) is 5.49. The molecule has 0 N–H and O–H groups in total. The van der Waals surface area contributed by atoms with Gasteiger partial charge in [-0.25, -0.2) is 0 Å². The molecule has 1 atom stereocenters. The monoisotopic (exact) mass is 312 g/mol. The fourth-order valence-electron chi connectivity index (χ4n) is 2.19. The Morgan fingerprint density at radius 1 is 1.56 bits per heavy atom. The van der Waals surface area contributed by atoms with Crippen LogP contribution >= 0.6 is 15.9 Å². The van der Waals surface area contributed by atoms with Crippen LogP contribution in [-0.2, 0) is 4.74 Å². The summed E-state index contributed by atoms with van der Waals surface area (Å²) in [5, 5.41) is 0. The molecule has 1 saturated heterocycles. The van der Waals surface area contributed by atoms with Crippen molar-refractivity contribution in [2.45, 2.75) is 31.8 Å². The van der Waals surface area contributed by atoms with Gasteiger partial charge in [-0.3, -0.25) is 4.79 Å². The van der Waals surface area contributed by atoms with Crippen LogP contribution in [0.3, 0.4) is 0 Å². The number of carbonyl (C=O) groups excluding carboxylic acids is 1. The van der Waals surface area contributed by atoms with Gasteiger partial charge in [0, 0.05) is 17.5 Å². The third kappa shape index (κ3) is 3.33. The van der Waals surface area contributed by atoms with Crippen molar-refractivity contribution in [1.29, 1.82) is 0 Å². The molecule has 2 rings (SSSR count). The van der Waals surface area contributed by atoms with Gasteiger partial charge in [0.15, 0.2) is 5.78 Å². The number of rotatable bonds is 5. The van der Waals surface area contributed by atoms with Gasteiger partial charge >= 0.3 is 0 Å². The lowest BCUT2D eigenvalue weighted by Gasteiger charge is -2.10. The maximum atomic E-state index is 12.1. The molecule has 1 fully saturated rings. The first-order chi connectivity index (χ1) is 8.70. The lowest BCUT2D eigenvalue weighted by molar-refractivity contribution is 0.0857. The molecule has 0 saturated carbocycles. The van der Waals surface area contributed by atoms with Crippen molar-refractivity contribution >= 4 is 21.7 Å². The molecule has 3 nitrogen and oxygen atoms in total. The molecule has 98 valence electrons. The molecule has 0 spiro atoms. The minimum absolute atomic E-state index is 0.120. The van der Waals surface area contributed by atoms with Gasteiger partial charge in [0.25, 0.3) is 0 Å². The third-order valence-electron chi connectivity index (χ3n) is 3.18. The van der Waals surface area contributed by atoms with E-state index in [1.54, 1.807) is 13.2 Å². The number of Topliss-reactive ketones (excluding diaryl/α,β-unsaturated/α-hetero) is 1. The Balaban J connectivity index is 1.99. The first kappa shape index (κ1) is 13.6. The lowest BCUT2D eigenvalue weighted by Crippen LogP contribution is -2.09. The molecule has 1 aliphatic heterocycles. The smallest absolute Gasteiger partial charge is 0.166 e. The fourth-order valence-corrected chi connectivity index (χ4v) is 2.53. The molecule has 18 heavy (non-hydrogen) atoms. The molecule has 0 aliphatic carbocycles. The van der Waals surface area contributed by atoms with Gasteiger partial charge in [0.2, 0.25) is 0 Å². The Morgan fingerprint density at radius 2 is 2.39 bits per heavy atom. The van der Waals surface area contributed by atoms with Crippen molar-refractivity contribution in [3.05, 3.63) is 28.2 Å². The Bertz CT molecular complexity index is 425. The highest BCUT2D eigenvalue weighted by molar-refractivity contribution is 9.10. The lowest BCUT2D eigenvalue weighted by atomic mass is 10.0. The van der Waals surface area contributed by atoms with Gasteiger partial charge in [-0.2, -0.15) is 0 Å². The molecular formula is C14H17BrO3. The number of hydrogen-bond donors (Lipinski definition) is 0. The molecular weight excluding hydrogens is 296 g/mol. The molecule has 0 amide bonds. The molecule has 1 aromatic carbocycles. The highest BCUT2D eigenvalue weighted by Crippen LogP contribution is 2.26. The molecule has 1 aliphatic rings. The van der Waals surface area contributed by atoms with Gasteiger partial charge < -0.3 is 9.47 Å². The summed E-state index contributed by atoms with van der Waals surface area (Å²) >= 11 is 3.37. The van der Waals surface area contributed by atoms with E-state index in [0.29, 0.717) is 17.7 Å². The molecule has 4 heteroatoms. The van der Waals surface area contributed by atoms with Crippen molar-refractivity contribution in [3.8, 4) is 5.75 Å². The highest BCUT2D eigenvalue weighted by atomic mass is 79.9. The van der Waals surface area contributed by atoms with E-state index in [1.165, 1.54) is 0 Å². The van der Waals surface area contributed by atoms with E-state index in [9.17, 15) is 4.79 Å². The average Bonchev–Trinajstić information content (AvgIpc) is 2.88. The quantitative estimate of drug-likeness (QED) is 0.779. The molecule has 0 radical (unpaired) electrons. The number of benzene rings is 1. The van der Waals surface area contributed by atoms with Crippen molar-refractivity contribution in [1.82, 2.24) is 0 Å². The highest BCUT2D eigenvalue weighted by Gasteiger charge is 2.19. The zero-order valence-electron chi connectivity index (χ0n) is 10.4. The van der Waals surface area contributed by atoms with Gasteiger partial charge in [-0.1, -0.05) is 15.9 Å². The summed E-state index contributed by atoms with van der Waals surface area (Å²) in [4.78, 5) is 12.1. The number of carbonyl (C=O) groups is 1. The van der Waals surface area contributed by atoms with Crippen molar-refractivity contribution in [2.24, 2.45) is 0 Å².